The van der Waals surface area contributed by atoms with E-state index in [9.17, 15) is 4.57 Å². The third-order valence-electron chi connectivity index (χ3n) is 1.04. The van der Waals surface area contributed by atoms with Crippen molar-refractivity contribution in [1.82, 2.24) is 0 Å². The molecule has 0 fully saturated rings. The van der Waals surface area contributed by atoms with Crippen LogP contribution in [0.3, 0.4) is 0 Å². The van der Waals surface area contributed by atoms with Crippen molar-refractivity contribution >= 4 is 19.5 Å². The van der Waals surface area contributed by atoms with E-state index in [0.717, 1.165) is 0 Å². The minimum Gasteiger partial charge on any atom is -0.543 e. The van der Waals surface area contributed by atoms with Gasteiger partial charge in [0.05, 0.1) is 31.4 Å². The van der Waals surface area contributed by atoms with Crippen LogP contribution in [-0.2, 0) is 23.2 Å². The first kappa shape index (κ1) is 17.4. The maximum Gasteiger partial charge on any atom is 0.344 e. The van der Waals surface area contributed by atoms with Gasteiger partial charge >= 0.3 is 7.60 Å². The fourth-order valence-corrected chi connectivity index (χ4v) is 1.61. The number of aliphatic carboxylic acids is 2. The van der Waals surface area contributed by atoms with Crippen LogP contribution < -0.4 is 15.9 Å². The number of carbonyl (C=O) groups is 2. The minimum atomic E-state index is -2.92. The molecule has 0 aromatic carbocycles. The average Bonchev–Trinajstić information content (AvgIpc) is 2.19. The number of hydrogen-bond acceptors (Lipinski definition) is 8. The molecule has 0 radical (unpaired) electrons. The van der Waals surface area contributed by atoms with Gasteiger partial charge in [-0.3, -0.25) is 4.57 Å². The highest BCUT2D eigenvalue weighted by Crippen LogP contribution is 2.45. The summed E-state index contributed by atoms with van der Waals surface area (Å²) in [5.41, 5.74) is 5.17. The third-order valence-corrected chi connectivity index (χ3v) is 2.79. The molecule has 0 unspecified atom stereocenters. The second kappa shape index (κ2) is 9.29. The van der Waals surface area contributed by atoms with Gasteiger partial charge in [0.25, 0.3) is 0 Å². The average molecular weight is 255 g/mol. The van der Waals surface area contributed by atoms with E-state index in [1.807, 2.05) is 0 Å². The Bertz CT molecular complexity index is 245. The molecule has 0 spiro atoms. The number of carboxylic acid groups (broad SMARTS) is 2. The topological polar surface area (TPSA) is 142 Å². The highest BCUT2D eigenvalue weighted by molar-refractivity contribution is 7.53. The Labute approximate surface area is 92.9 Å². The molecule has 0 saturated carbocycles. The summed E-state index contributed by atoms with van der Waals surface area (Å²) in [6.45, 7) is 4.24. The van der Waals surface area contributed by atoms with Crippen molar-refractivity contribution in [3.63, 3.8) is 0 Å². The number of rotatable bonds is 5. The molecule has 2 N–H and O–H groups in total. The second-order valence-electron chi connectivity index (χ2n) is 2.20. The first-order chi connectivity index (χ1) is 7.32. The zero-order valence-corrected chi connectivity index (χ0v) is 9.90. The van der Waals surface area contributed by atoms with E-state index in [2.05, 4.69) is 0 Å². The van der Waals surface area contributed by atoms with Crippen LogP contribution in [0, 0.1) is 0 Å². The van der Waals surface area contributed by atoms with E-state index < -0.39 is 19.5 Å². The minimum absolute atomic E-state index is 0.0469. The molecule has 0 atom stereocenters. The summed E-state index contributed by atoms with van der Waals surface area (Å²) < 4.78 is 20.9. The van der Waals surface area contributed by atoms with Crippen LogP contribution in [0.15, 0.2) is 0 Å². The summed E-state index contributed by atoms with van der Waals surface area (Å²) in [4.78, 5) is 17.9. The lowest BCUT2D eigenvalue weighted by molar-refractivity contribution is -0.345. The van der Waals surface area contributed by atoms with Crippen molar-refractivity contribution in [3.05, 3.63) is 0 Å². The summed E-state index contributed by atoms with van der Waals surface area (Å²) in [5.74, 6) is -4.37. The van der Waals surface area contributed by atoms with Gasteiger partial charge < -0.3 is 34.6 Å². The van der Waals surface area contributed by atoms with Crippen molar-refractivity contribution in [2.24, 2.45) is 5.73 Å². The monoisotopic (exact) mass is 255 g/mol. The van der Waals surface area contributed by atoms with Gasteiger partial charge in [-0.15, -0.1) is 0 Å². The molecule has 0 aliphatic carbocycles. The highest BCUT2D eigenvalue weighted by Gasteiger charge is 2.19. The van der Waals surface area contributed by atoms with E-state index in [0.29, 0.717) is 13.2 Å². The Kier molecular flexibility index (Phi) is 10.1. The SMILES string of the molecule is CCOP(=O)(CN)OCC.O=C([O-])C(=O)[O-]. The van der Waals surface area contributed by atoms with Gasteiger partial charge in [-0.2, -0.15) is 0 Å². The van der Waals surface area contributed by atoms with E-state index >= 15 is 0 Å². The number of nitrogens with two attached hydrogens (primary N) is 1. The lowest BCUT2D eigenvalue weighted by Gasteiger charge is -2.13. The Morgan fingerprint density at radius 3 is 1.56 bits per heavy atom. The van der Waals surface area contributed by atoms with Crippen molar-refractivity contribution in [2.45, 2.75) is 13.8 Å². The summed E-state index contributed by atoms with van der Waals surface area (Å²) in [7, 11) is -2.92. The summed E-state index contributed by atoms with van der Waals surface area (Å²) >= 11 is 0. The molecule has 0 aliphatic rings. The summed E-state index contributed by atoms with van der Waals surface area (Å²) in [6, 6.07) is 0. The first-order valence-electron chi connectivity index (χ1n) is 4.33. The van der Waals surface area contributed by atoms with E-state index in [-0.39, 0.29) is 6.29 Å². The fourth-order valence-electron chi connectivity index (χ4n) is 0.536. The van der Waals surface area contributed by atoms with Crippen molar-refractivity contribution < 1.29 is 33.4 Å². The molecular weight excluding hydrogens is 241 g/mol. The molecule has 8 nitrogen and oxygen atoms in total. The number of hydrogen-bond donors (Lipinski definition) is 1. The number of carbonyl (C=O) groups excluding carboxylic acids is 2. The number of carboxylic acids is 2. The molecule has 96 valence electrons. The van der Waals surface area contributed by atoms with Crippen molar-refractivity contribution in [3.8, 4) is 0 Å². The highest BCUT2D eigenvalue weighted by atomic mass is 31.2. The van der Waals surface area contributed by atoms with Gasteiger partial charge in [-0.1, -0.05) is 0 Å². The normalized spacial score (nSPS) is 10.2. The molecule has 0 saturated heterocycles. The smallest absolute Gasteiger partial charge is 0.344 e. The van der Waals surface area contributed by atoms with Gasteiger partial charge in [0.2, 0.25) is 0 Å². The molecule has 9 heteroatoms. The van der Waals surface area contributed by atoms with Gasteiger partial charge in [0, 0.05) is 0 Å². The first-order valence-corrected chi connectivity index (χ1v) is 6.06. The lowest BCUT2D eigenvalue weighted by Crippen LogP contribution is -2.42. The van der Waals surface area contributed by atoms with Crippen LogP contribution in [0.5, 0.6) is 0 Å². The summed E-state index contributed by atoms with van der Waals surface area (Å²) in [5, 5.41) is 17.9. The largest absolute Gasteiger partial charge is 0.543 e. The van der Waals surface area contributed by atoms with Gasteiger partial charge in [0.15, 0.2) is 0 Å². The van der Waals surface area contributed by atoms with Crippen LogP contribution in [0.25, 0.3) is 0 Å². The standard InChI is InChI=1S/C5H14NO3P.C2H2O4/c1-3-8-10(7,5-6)9-4-2;3-1(4)2(5)6/h3-6H2,1-2H3;(H,3,4)(H,5,6)/p-2. The lowest BCUT2D eigenvalue weighted by atomic mass is 10.7. The second-order valence-corrected chi connectivity index (χ2v) is 4.31. The van der Waals surface area contributed by atoms with E-state index in [4.69, 9.17) is 34.6 Å². The molecule has 0 amide bonds. The molecular formula is C7H14NO7P-2. The summed E-state index contributed by atoms with van der Waals surface area (Å²) in [6.07, 6.45) is -0.0469. The molecule has 0 aromatic heterocycles. The zero-order chi connectivity index (χ0) is 13.2. The molecule has 0 rings (SSSR count). The molecule has 0 aliphatic heterocycles. The van der Waals surface area contributed by atoms with Crippen LogP contribution >= 0.6 is 7.60 Å². The van der Waals surface area contributed by atoms with E-state index in [1.165, 1.54) is 0 Å². The predicted octanol–water partition coefficient (Wildman–Crippen LogP) is -2.35. The van der Waals surface area contributed by atoms with Crippen molar-refractivity contribution in [2.75, 3.05) is 19.5 Å². The molecule has 0 aromatic rings. The van der Waals surface area contributed by atoms with E-state index in [1.54, 1.807) is 13.8 Å². The van der Waals surface area contributed by atoms with Gasteiger partial charge in [-0.05, 0) is 13.8 Å². The maximum atomic E-state index is 11.2. The van der Waals surface area contributed by atoms with Gasteiger partial charge in [-0.25, -0.2) is 0 Å². The van der Waals surface area contributed by atoms with Crippen LogP contribution in [0.1, 0.15) is 13.8 Å². The van der Waals surface area contributed by atoms with Crippen LogP contribution in [0.2, 0.25) is 0 Å². The Hall–Kier alpha value is -0.950. The third kappa shape index (κ3) is 9.60. The Balaban J connectivity index is 0. The maximum absolute atomic E-state index is 11.2. The van der Waals surface area contributed by atoms with Crippen molar-refractivity contribution in [1.29, 1.82) is 0 Å². The van der Waals surface area contributed by atoms with Gasteiger partial charge in [0.1, 0.15) is 0 Å². The zero-order valence-electron chi connectivity index (χ0n) is 9.00. The van der Waals surface area contributed by atoms with Crippen LogP contribution in [-0.4, -0.2) is 31.4 Å². The Morgan fingerprint density at radius 2 is 1.44 bits per heavy atom. The molecule has 0 bridgehead atoms. The quantitative estimate of drug-likeness (QED) is 0.425. The van der Waals surface area contributed by atoms with Crippen LogP contribution in [0.4, 0.5) is 0 Å². The Morgan fingerprint density at radius 1 is 1.12 bits per heavy atom. The fraction of sp³-hybridized carbons (Fsp3) is 0.714. The molecule has 16 heavy (non-hydrogen) atoms. The predicted molar refractivity (Wildman–Crippen MR) is 49.9 cm³/mol. The molecule has 0 heterocycles.